The van der Waals surface area contributed by atoms with Gasteiger partial charge in [-0.3, -0.25) is 0 Å². The van der Waals surface area contributed by atoms with Crippen LogP contribution >= 0.6 is 0 Å². The van der Waals surface area contributed by atoms with Crippen LogP contribution < -0.4 is 0 Å². The van der Waals surface area contributed by atoms with Crippen molar-refractivity contribution in [1.29, 1.82) is 0 Å². The molecule has 0 amide bonds. The van der Waals surface area contributed by atoms with Crippen molar-refractivity contribution >= 4 is 0 Å². The molecule has 0 nitrogen and oxygen atoms in total. The highest BCUT2D eigenvalue weighted by Crippen LogP contribution is 2.48. The van der Waals surface area contributed by atoms with Gasteiger partial charge >= 0.3 is 0 Å². The van der Waals surface area contributed by atoms with Crippen LogP contribution in [0.15, 0.2) is 60.7 Å². The number of hydrogen-bond acceptors (Lipinski definition) is 0. The average Bonchev–Trinajstić information content (AvgIpc) is 3.23. The van der Waals surface area contributed by atoms with Gasteiger partial charge < -0.3 is 0 Å². The molecule has 0 bridgehead atoms. The summed E-state index contributed by atoms with van der Waals surface area (Å²) in [6.45, 7) is 7.00. The number of benzene rings is 2. The van der Waals surface area contributed by atoms with Gasteiger partial charge in [-0.25, -0.2) is 0 Å². The first-order valence-electron chi connectivity index (χ1n) is 25.9. The maximum Gasteiger partial charge on any atom is 0.0231 e. The Labute approximate surface area is 353 Å². The molecule has 0 N–H and O–H groups in total. The Hall–Kier alpha value is -1.56. The molecule has 2 aromatic rings. The molecule has 1 atom stereocenters. The fourth-order valence-electron chi connectivity index (χ4n) is 9.95. The molecule has 322 valence electrons. The minimum Gasteiger partial charge on any atom is -0.0654 e. The van der Waals surface area contributed by atoms with E-state index in [-0.39, 0.29) is 5.41 Å². The molecule has 0 aromatic heterocycles. The fourth-order valence-corrected chi connectivity index (χ4v) is 9.95. The van der Waals surface area contributed by atoms with E-state index in [1.165, 1.54) is 250 Å². The van der Waals surface area contributed by atoms with E-state index in [0.717, 1.165) is 0 Å². The largest absolute Gasteiger partial charge is 0.0654 e. The van der Waals surface area contributed by atoms with E-state index in [1.54, 1.807) is 11.1 Å². The van der Waals surface area contributed by atoms with Gasteiger partial charge in [0.1, 0.15) is 0 Å². The zero-order valence-corrected chi connectivity index (χ0v) is 38.4. The van der Waals surface area contributed by atoms with Crippen LogP contribution in [0.4, 0.5) is 0 Å². The van der Waals surface area contributed by atoms with Crippen LogP contribution in [0.3, 0.4) is 0 Å². The third kappa shape index (κ3) is 24.4. The highest BCUT2D eigenvalue weighted by atomic mass is 14.4. The second-order valence-electron chi connectivity index (χ2n) is 18.4. The molecule has 0 radical (unpaired) electrons. The Morgan fingerprint density at radius 1 is 0.286 bits per heavy atom. The highest BCUT2D eigenvalue weighted by molar-refractivity contribution is 5.40. The molecule has 0 heteroatoms. The molecule has 56 heavy (non-hydrogen) atoms. The minimum atomic E-state index is 0.125. The molecular weight excluding hydrogens is 673 g/mol. The van der Waals surface area contributed by atoms with Gasteiger partial charge in [0.15, 0.2) is 0 Å². The molecule has 0 saturated carbocycles. The minimum absolute atomic E-state index is 0.125. The molecule has 0 saturated heterocycles. The molecule has 0 fully saturated rings. The topological polar surface area (TPSA) is 0 Å². The molecule has 0 aliphatic carbocycles. The van der Waals surface area contributed by atoms with Gasteiger partial charge in [-0.05, 0) is 36.3 Å². The maximum absolute atomic E-state index is 2.49. The second kappa shape index (κ2) is 37.7. The van der Waals surface area contributed by atoms with Crippen molar-refractivity contribution in [3.05, 3.63) is 71.8 Å². The second-order valence-corrected chi connectivity index (χ2v) is 18.4. The van der Waals surface area contributed by atoms with E-state index >= 15 is 0 Å². The summed E-state index contributed by atoms with van der Waals surface area (Å²) in [6, 6.07) is 23.7. The van der Waals surface area contributed by atoms with Crippen LogP contribution in [0, 0.1) is 5.92 Å². The molecule has 0 aliphatic rings. The van der Waals surface area contributed by atoms with Crippen LogP contribution in [0.2, 0.25) is 0 Å². The van der Waals surface area contributed by atoms with Gasteiger partial charge in [-0.1, -0.05) is 313 Å². The smallest absolute Gasteiger partial charge is 0.0231 e. The van der Waals surface area contributed by atoms with Crippen molar-refractivity contribution < 1.29 is 0 Å². The van der Waals surface area contributed by atoms with Crippen molar-refractivity contribution in [3.8, 4) is 0 Å². The fraction of sp³-hybridized carbons (Fsp3) is 0.786. The predicted octanol–water partition coefficient (Wildman–Crippen LogP) is 19.9. The highest BCUT2D eigenvalue weighted by Gasteiger charge is 2.40. The number of hydrogen-bond donors (Lipinski definition) is 0. The van der Waals surface area contributed by atoms with Crippen molar-refractivity contribution in [3.63, 3.8) is 0 Å². The molecule has 2 rings (SSSR count). The maximum atomic E-state index is 2.49. The molecule has 2 aromatic carbocycles. The molecule has 0 spiro atoms. The zero-order valence-electron chi connectivity index (χ0n) is 38.4. The predicted molar refractivity (Wildman–Crippen MR) is 254 cm³/mol. The zero-order chi connectivity index (χ0) is 39.9. The van der Waals surface area contributed by atoms with Gasteiger partial charge in [-0.15, -0.1) is 0 Å². The third-order valence-corrected chi connectivity index (χ3v) is 13.5. The van der Waals surface area contributed by atoms with Crippen molar-refractivity contribution in [2.24, 2.45) is 5.92 Å². The van der Waals surface area contributed by atoms with E-state index in [2.05, 4.69) is 81.4 Å². The first-order chi connectivity index (χ1) is 27.8. The van der Waals surface area contributed by atoms with Crippen molar-refractivity contribution in [1.82, 2.24) is 0 Å². The summed E-state index contributed by atoms with van der Waals surface area (Å²) >= 11 is 0. The summed E-state index contributed by atoms with van der Waals surface area (Å²) in [7, 11) is 0. The lowest BCUT2D eigenvalue weighted by molar-refractivity contribution is 0.244. The Balaban J connectivity index is 1.86. The number of rotatable bonds is 42. The average molecular weight is 771 g/mol. The van der Waals surface area contributed by atoms with Crippen LogP contribution in [0.25, 0.3) is 0 Å². The molecular formula is C56H98. The lowest BCUT2D eigenvalue weighted by Gasteiger charge is -2.43. The van der Waals surface area contributed by atoms with E-state index in [9.17, 15) is 0 Å². The first-order valence-corrected chi connectivity index (χ1v) is 25.9. The Morgan fingerprint density at radius 3 is 0.804 bits per heavy atom. The van der Waals surface area contributed by atoms with Gasteiger partial charge in [-0.2, -0.15) is 0 Å². The van der Waals surface area contributed by atoms with Crippen molar-refractivity contribution in [2.75, 3.05) is 0 Å². The Bertz CT molecular complexity index is 999. The van der Waals surface area contributed by atoms with E-state index in [0.29, 0.717) is 5.92 Å². The lowest BCUT2D eigenvalue weighted by Crippen LogP contribution is -2.37. The van der Waals surface area contributed by atoms with E-state index in [1.807, 2.05) is 0 Å². The van der Waals surface area contributed by atoms with E-state index in [4.69, 9.17) is 0 Å². The van der Waals surface area contributed by atoms with Gasteiger partial charge in [0.2, 0.25) is 0 Å². The monoisotopic (exact) mass is 771 g/mol. The Kier molecular flexibility index (Phi) is 34.0. The lowest BCUT2D eigenvalue weighted by atomic mass is 9.60. The summed E-state index contributed by atoms with van der Waals surface area (Å²) in [5, 5.41) is 0. The standard InChI is InChI=1S/C56H98/c1-4-7-10-13-15-17-19-21-23-25-27-29-31-33-35-40-47-53(46-39-12-9-6-3)56(54-48-41-37-42-49-54,55-50-43-38-44-51-55)52-45-36-34-32-30-28-26-24-22-20-18-16-14-11-8-5-2/h37-38,41-44,48-51,53H,4-36,39-40,45-47,52H2,1-3H3. The molecule has 0 heterocycles. The van der Waals surface area contributed by atoms with E-state index < -0.39 is 0 Å². The third-order valence-electron chi connectivity index (χ3n) is 13.5. The van der Waals surface area contributed by atoms with Crippen LogP contribution in [-0.2, 0) is 5.41 Å². The van der Waals surface area contributed by atoms with Crippen LogP contribution in [0.5, 0.6) is 0 Å². The van der Waals surface area contributed by atoms with Crippen LogP contribution in [-0.4, -0.2) is 0 Å². The summed E-state index contributed by atoms with van der Waals surface area (Å²) in [5.41, 5.74) is 3.30. The van der Waals surface area contributed by atoms with Crippen LogP contribution in [0.1, 0.15) is 282 Å². The quantitative estimate of drug-likeness (QED) is 0.0590. The normalized spacial score (nSPS) is 12.4. The first kappa shape index (κ1) is 50.6. The summed E-state index contributed by atoms with van der Waals surface area (Å²) < 4.78 is 0. The summed E-state index contributed by atoms with van der Waals surface area (Å²) in [4.78, 5) is 0. The Morgan fingerprint density at radius 2 is 0.518 bits per heavy atom. The van der Waals surface area contributed by atoms with Gasteiger partial charge in [0.25, 0.3) is 0 Å². The molecule has 1 unspecified atom stereocenters. The summed E-state index contributed by atoms with van der Waals surface area (Å²) in [6.07, 6.45) is 55.7. The van der Waals surface area contributed by atoms with Crippen molar-refractivity contribution in [2.45, 2.75) is 277 Å². The molecule has 0 aliphatic heterocycles. The summed E-state index contributed by atoms with van der Waals surface area (Å²) in [5.74, 6) is 0.715. The number of unbranched alkanes of at least 4 members (excludes halogenated alkanes) is 33. The SMILES string of the molecule is CCCCCCCCCCCCCCCCCCC(CCCCCC)C(CCCCCCCCCCCCCCCCCC)(c1ccccc1)c1ccccc1. The van der Waals surface area contributed by atoms with Gasteiger partial charge in [0, 0.05) is 5.41 Å². The van der Waals surface area contributed by atoms with Gasteiger partial charge in [0.05, 0.1) is 0 Å².